The highest BCUT2D eigenvalue weighted by Gasteiger charge is 2.42. The summed E-state index contributed by atoms with van der Waals surface area (Å²) in [7, 11) is 0. The van der Waals surface area contributed by atoms with Gasteiger partial charge in [-0.1, -0.05) is 48.5 Å². The molecule has 0 N–H and O–H groups in total. The Bertz CT molecular complexity index is 203. The molecule has 1 aliphatic rings. The van der Waals surface area contributed by atoms with E-state index in [0.29, 0.717) is 16.2 Å². The summed E-state index contributed by atoms with van der Waals surface area (Å²) in [4.78, 5) is 0. The first kappa shape index (κ1) is 13.1. The van der Waals surface area contributed by atoms with Crippen LogP contribution >= 0.6 is 0 Å². The van der Waals surface area contributed by atoms with Gasteiger partial charge in [0.1, 0.15) is 0 Å². The topological polar surface area (TPSA) is 0 Å². The molecule has 1 saturated carbocycles. The van der Waals surface area contributed by atoms with Gasteiger partial charge < -0.3 is 0 Å². The van der Waals surface area contributed by atoms with Gasteiger partial charge in [0.05, 0.1) is 0 Å². The van der Waals surface area contributed by atoms with Crippen molar-refractivity contribution < 1.29 is 0 Å². The van der Waals surface area contributed by atoms with E-state index in [1.807, 2.05) is 0 Å². The van der Waals surface area contributed by atoms with Crippen molar-refractivity contribution in [3.05, 3.63) is 0 Å². The third-order valence-corrected chi connectivity index (χ3v) is 5.12. The summed E-state index contributed by atoms with van der Waals surface area (Å²) in [5.74, 6) is 0.938. The van der Waals surface area contributed by atoms with Gasteiger partial charge in [-0.05, 0) is 47.8 Å². The van der Waals surface area contributed by atoms with Crippen LogP contribution in [-0.2, 0) is 0 Å². The van der Waals surface area contributed by atoms with E-state index in [4.69, 9.17) is 0 Å². The van der Waals surface area contributed by atoms with Crippen molar-refractivity contribution in [1.82, 2.24) is 0 Å². The fourth-order valence-corrected chi connectivity index (χ4v) is 2.87. The lowest BCUT2D eigenvalue weighted by Gasteiger charge is -2.49. The highest BCUT2D eigenvalue weighted by molar-refractivity contribution is 4.92. The molecule has 0 heteroatoms. The van der Waals surface area contributed by atoms with Gasteiger partial charge in [-0.3, -0.25) is 0 Å². The van der Waals surface area contributed by atoms with Crippen LogP contribution in [0.3, 0.4) is 0 Å². The molecule has 0 heterocycles. The first-order valence-electron chi connectivity index (χ1n) is 6.56. The summed E-state index contributed by atoms with van der Waals surface area (Å²) in [6.07, 6.45) is 5.69. The third kappa shape index (κ3) is 2.77. The molecule has 0 spiro atoms. The van der Waals surface area contributed by atoms with Gasteiger partial charge in [0, 0.05) is 0 Å². The Labute approximate surface area is 96.8 Å². The zero-order valence-corrected chi connectivity index (χ0v) is 11.9. The van der Waals surface area contributed by atoms with Crippen molar-refractivity contribution in [1.29, 1.82) is 0 Å². The minimum absolute atomic E-state index is 0.468. The average molecular weight is 210 g/mol. The zero-order valence-electron chi connectivity index (χ0n) is 11.9. The van der Waals surface area contributed by atoms with Crippen molar-refractivity contribution in [2.24, 2.45) is 22.2 Å². The molecule has 0 saturated heterocycles. The molecule has 0 aromatic rings. The second kappa shape index (κ2) is 3.79. The van der Waals surface area contributed by atoms with Gasteiger partial charge >= 0.3 is 0 Å². The predicted octanol–water partition coefficient (Wildman–Crippen LogP) is 5.28. The van der Waals surface area contributed by atoms with Crippen LogP contribution in [0.2, 0.25) is 0 Å². The Morgan fingerprint density at radius 3 is 1.53 bits per heavy atom. The molecule has 0 amide bonds. The predicted molar refractivity (Wildman–Crippen MR) is 69.0 cm³/mol. The molecule has 1 rings (SSSR count). The van der Waals surface area contributed by atoms with E-state index >= 15 is 0 Å². The monoisotopic (exact) mass is 210 g/mol. The van der Waals surface area contributed by atoms with Gasteiger partial charge in [-0.15, -0.1) is 0 Å². The molecule has 0 bridgehead atoms. The van der Waals surface area contributed by atoms with Crippen LogP contribution in [0.5, 0.6) is 0 Å². The fourth-order valence-electron chi connectivity index (χ4n) is 2.87. The van der Waals surface area contributed by atoms with E-state index in [1.165, 1.54) is 25.7 Å². The van der Waals surface area contributed by atoms with E-state index < -0.39 is 0 Å². The Kier molecular flexibility index (Phi) is 3.30. The molecule has 0 atom stereocenters. The Morgan fingerprint density at radius 2 is 1.27 bits per heavy atom. The first-order chi connectivity index (χ1) is 6.56. The quantitative estimate of drug-likeness (QED) is 0.510. The Balaban J connectivity index is 2.64. The highest BCUT2D eigenvalue weighted by atomic mass is 14.5. The summed E-state index contributed by atoms with van der Waals surface area (Å²) in [6.45, 7) is 16.9. The molecule has 0 aromatic carbocycles. The molecule has 0 aromatic heterocycles. The van der Waals surface area contributed by atoms with Crippen molar-refractivity contribution in [3.8, 4) is 0 Å². The Hall–Kier alpha value is 0. The SMILES string of the molecule is CC(C)(C)C1CCC(C)(C(C)(C)C)CC1. The lowest BCUT2D eigenvalue weighted by molar-refractivity contribution is 0.0160. The standard InChI is InChI=1S/C15H30/c1-13(2,3)12-8-10-15(7,11-9-12)14(4,5)6/h12H,8-11H2,1-7H3. The minimum Gasteiger partial charge on any atom is -0.0599 e. The summed E-state index contributed by atoms with van der Waals surface area (Å²) in [6, 6.07) is 0. The van der Waals surface area contributed by atoms with E-state index in [1.54, 1.807) is 0 Å². The van der Waals surface area contributed by atoms with Crippen LogP contribution in [0, 0.1) is 22.2 Å². The Morgan fingerprint density at radius 1 is 0.867 bits per heavy atom. The molecule has 0 nitrogen and oxygen atoms in total. The molecule has 1 aliphatic carbocycles. The second-order valence-corrected chi connectivity index (χ2v) is 7.95. The van der Waals surface area contributed by atoms with Crippen LogP contribution in [0.25, 0.3) is 0 Å². The number of hydrogen-bond acceptors (Lipinski definition) is 0. The van der Waals surface area contributed by atoms with Gasteiger partial charge in [0.25, 0.3) is 0 Å². The summed E-state index contributed by atoms with van der Waals surface area (Å²) < 4.78 is 0. The molecule has 1 fully saturated rings. The van der Waals surface area contributed by atoms with E-state index in [-0.39, 0.29) is 0 Å². The van der Waals surface area contributed by atoms with Crippen LogP contribution in [0.4, 0.5) is 0 Å². The van der Waals surface area contributed by atoms with Gasteiger partial charge in [0.2, 0.25) is 0 Å². The van der Waals surface area contributed by atoms with Gasteiger partial charge in [-0.2, -0.15) is 0 Å². The van der Waals surface area contributed by atoms with Crippen molar-refractivity contribution in [2.75, 3.05) is 0 Å². The first-order valence-corrected chi connectivity index (χ1v) is 6.56. The third-order valence-electron chi connectivity index (χ3n) is 5.12. The second-order valence-electron chi connectivity index (χ2n) is 7.95. The van der Waals surface area contributed by atoms with E-state index in [9.17, 15) is 0 Å². The lowest BCUT2D eigenvalue weighted by atomic mass is 9.56. The molecule has 0 unspecified atom stereocenters. The fraction of sp³-hybridized carbons (Fsp3) is 1.00. The average Bonchev–Trinajstić information content (AvgIpc) is 2.01. The largest absolute Gasteiger partial charge is 0.0599 e. The number of rotatable bonds is 0. The molecular formula is C15H30. The molecular weight excluding hydrogens is 180 g/mol. The van der Waals surface area contributed by atoms with Crippen molar-refractivity contribution >= 4 is 0 Å². The molecule has 90 valence electrons. The smallest absolute Gasteiger partial charge is 0.0277 e. The normalized spacial score (nSPS) is 34.2. The van der Waals surface area contributed by atoms with Gasteiger partial charge in [0.15, 0.2) is 0 Å². The van der Waals surface area contributed by atoms with Crippen molar-refractivity contribution in [2.45, 2.75) is 74.1 Å². The van der Waals surface area contributed by atoms with E-state index in [0.717, 1.165) is 5.92 Å². The zero-order chi connectivity index (χ0) is 11.9. The molecule has 0 aliphatic heterocycles. The highest BCUT2D eigenvalue weighted by Crippen LogP contribution is 2.53. The molecule has 15 heavy (non-hydrogen) atoms. The summed E-state index contributed by atoms with van der Waals surface area (Å²) in [5, 5.41) is 0. The maximum atomic E-state index is 2.49. The molecule has 0 radical (unpaired) electrons. The lowest BCUT2D eigenvalue weighted by Crippen LogP contribution is -2.38. The van der Waals surface area contributed by atoms with Crippen molar-refractivity contribution in [3.63, 3.8) is 0 Å². The summed E-state index contributed by atoms with van der Waals surface area (Å²) >= 11 is 0. The maximum Gasteiger partial charge on any atom is -0.0277 e. The van der Waals surface area contributed by atoms with Crippen LogP contribution in [0.15, 0.2) is 0 Å². The van der Waals surface area contributed by atoms with Gasteiger partial charge in [-0.25, -0.2) is 0 Å². The van der Waals surface area contributed by atoms with E-state index in [2.05, 4.69) is 48.5 Å². The van der Waals surface area contributed by atoms with Crippen LogP contribution < -0.4 is 0 Å². The summed E-state index contributed by atoms with van der Waals surface area (Å²) in [5.41, 5.74) is 1.55. The number of hydrogen-bond donors (Lipinski definition) is 0. The minimum atomic E-state index is 0.468. The van der Waals surface area contributed by atoms with Crippen LogP contribution in [0.1, 0.15) is 74.1 Å². The van der Waals surface area contributed by atoms with Crippen LogP contribution in [-0.4, -0.2) is 0 Å². The maximum absolute atomic E-state index is 2.49.